The smallest absolute Gasteiger partial charge is 0.234 e. The number of nitrogens with one attached hydrogen (secondary N) is 1. The highest BCUT2D eigenvalue weighted by atomic mass is 32.2. The van der Waals surface area contributed by atoms with Crippen LogP contribution in [0.4, 0.5) is 10.1 Å². The van der Waals surface area contributed by atoms with E-state index < -0.39 is 5.82 Å². The highest BCUT2D eigenvalue weighted by Gasteiger charge is 2.20. The first kappa shape index (κ1) is 26.7. The van der Waals surface area contributed by atoms with Gasteiger partial charge < -0.3 is 19.4 Å². The molecule has 5 rings (SSSR count). The van der Waals surface area contributed by atoms with Gasteiger partial charge >= 0.3 is 0 Å². The van der Waals surface area contributed by atoms with Crippen molar-refractivity contribution < 1.29 is 18.7 Å². The predicted molar refractivity (Wildman–Crippen MR) is 152 cm³/mol. The zero-order chi connectivity index (χ0) is 27.4. The summed E-state index contributed by atoms with van der Waals surface area (Å²) in [7, 11) is 1.62. The van der Waals surface area contributed by atoms with Crippen LogP contribution in [0, 0.1) is 5.82 Å². The minimum atomic E-state index is -0.447. The number of carbonyl (C=O) groups is 1. The van der Waals surface area contributed by atoms with Gasteiger partial charge in [0.15, 0.2) is 22.5 Å². The molecule has 1 N–H and O–H groups in total. The molecule has 0 radical (unpaired) electrons. The number of amides is 1. The van der Waals surface area contributed by atoms with Crippen LogP contribution in [0.1, 0.15) is 25.7 Å². The van der Waals surface area contributed by atoms with Crippen LogP contribution < -0.4 is 10.1 Å². The number of anilines is 1. The normalized spacial score (nSPS) is 12.2. The van der Waals surface area contributed by atoms with Crippen molar-refractivity contribution in [2.45, 2.75) is 38.2 Å². The van der Waals surface area contributed by atoms with Crippen LogP contribution in [-0.4, -0.2) is 44.7 Å². The average Bonchev–Trinajstić information content (AvgIpc) is 3.50. The number of hydrogen-bond acceptors (Lipinski definition) is 6. The van der Waals surface area contributed by atoms with E-state index in [1.54, 1.807) is 25.3 Å². The molecule has 0 spiro atoms. The summed E-state index contributed by atoms with van der Waals surface area (Å²) in [5, 5.41) is 14.4. The molecular weight excluding hydrogens is 517 g/mol. The van der Waals surface area contributed by atoms with Crippen LogP contribution >= 0.6 is 11.8 Å². The fourth-order valence-electron chi connectivity index (χ4n) is 4.77. The summed E-state index contributed by atoms with van der Waals surface area (Å²) in [5.74, 6) is 0.192. The van der Waals surface area contributed by atoms with Crippen LogP contribution in [0.5, 0.6) is 5.75 Å². The Hall–Kier alpha value is -3.89. The van der Waals surface area contributed by atoms with Gasteiger partial charge in [0.25, 0.3) is 0 Å². The Balaban J connectivity index is 1.30. The molecule has 1 amide bonds. The predicted octanol–water partition coefficient (Wildman–Crippen LogP) is 6.06. The second-order valence-electron chi connectivity index (χ2n) is 9.12. The SMILES string of the molecule is CCn1c2ccccc2c2cc(NC(=O)CSc3nnc(COc4ccccc4F)n3[C@H](C)COC)ccc21. The maximum atomic E-state index is 14.0. The van der Waals surface area contributed by atoms with Crippen molar-refractivity contribution in [2.75, 3.05) is 24.8 Å². The molecule has 0 aliphatic carbocycles. The molecule has 0 unspecified atom stereocenters. The van der Waals surface area contributed by atoms with E-state index in [-0.39, 0.29) is 30.1 Å². The second-order valence-corrected chi connectivity index (χ2v) is 10.1. The van der Waals surface area contributed by atoms with E-state index in [0.29, 0.717) is 17.6 Å². The highest BCUT2D eigenvalue weighted by molar-refractivity contribution is 7.99. The number of para-hydroxylation sites is 2. The van der Waals surface area contributed by atoms with Crippen molar-refractivity contribution in [1.82, 2.24) is 19.3 Å². The first-order valence-electron chi connectivity index (χ1n) is 12.7. The number of halogens is 1. The molecule has 0 bridgehead atoms. The third kappa shape index (κ3) is 5.62. The second kappa shape index (κ2) is 11.9. The van der Waals surface area contributed by atoms with Crippen molar-refractivity contribution in [3.8, 4) is 5.75 Å². The molecule has 0 aliphatic heterocycles. The molecule has 0 saturated carbocycles. The van der Waals surface area contributed by atoms with Gasteiger partial charge in [-0.3, -0.25) is 9.36 Å². The van der Waals surface area contributed by atoms with E-state index in [1.807, 2.05) is 41.8 Å². The van der Waals surface area contributed by atoms with Gasteiger partial charge in [0.05, 0.1) is 18.4 Å². The molecule has 3 aromatic carbocycles. The number of aromatic nitrogens is 4. The van der Waals surface area contributed by atoms with Crippen molar-refractivity contribution in [3.05, 3.63) is 78.4 Å². The summed E-state index contributed by atoms with van der Waals surface area (Å²) in [4.78, 5) is 12.9. The molecule has 202 valence electrons. The minimum Gasteiger partial charge on any atom is -0.483 e. The quantitative estimate of drug-likeness (QED) is 0.202. The van der Waals surface area contributed by atoms with Crippen molar-refractivity contribution in [3.63, 3.8) is 0 Å². The van der Waals surface area contributed by atoms with Gasteiger partial charge in [0.2, 0.25) is 5.91 Å². The van der Waals surface area contributed by atoms with Gasteiger partial charge in [-0.05, 0) is 50.2 Å². The van der Waals surface area contributed by atoms with Crippen LogP contribution in [0.2, 0.25) is 0 Å². The summed E-state index contributed by atoms with van der Waals surface area (Å²) in [5.41, 5.74) is 3.05. The molecule has 1 atom stereocenters. The number of aryl methyl sites for hydroxylation is 1. The lowest BCUT2D eigenvalue weighted by atomic mass is 10.1. The van der Waals surface area contributed by atoms with E-state index in [4.69, 9.17) is 9.47 Å². The molecule has 2 aromatic heterocycles. The third-order valence-corrected chi connectivity index (χ3v) is 7.42. The number of carbonyl (C=O) groups excluding carboxylic acids is 1. The van der Waals surface area contributed by atoms with Crippen molar-refractivity contribution >= 4 is 45.2 Å². The lowest BCUT2D eigenvalue weighted by Gasteiger charge is -2.17. The van der Waals surface area contributed by atoms with E-state index in [2.05, 4.69) is 39.1 Å². The summed E-state index contributed by atoms with van der Waals surface area (Å²) in [6.07, 6.45) is 0. The van der Waals surface area contributed by atoms with Crippen LogP contribution in [0.15, 0.2) is 71.9 Å². The molecule has 10 heteroatoms. The first-order valence-corrected chi connectivity index (χ1v) is 13.7. The highest BCUT2D eigenvalue weighted by Crippen LogP contribution is 2.31. The summed E-state index contributed by atoms with van der Waals surface area (Å²) in [6.45, 7) is 5.39. The maximum Gasteiger partial charge on any atom is 0.234 e. The number of methoxy groups -OCH3 is 1. The van der Waals surface area contributed by atoms with Gasteiger partial charge in [0.1, 0.15) is 6.61 Å². The number of ether oxygens (including phenoxy) is 2. The Morgan fingerprint density at radius 2 is 1.82 bits per heavy atom. The summed E-state index contributed by atoms with van der Waals surface area (Å²) < 4.78 is 29.1. The van der Waals surface area contributed by atoms with E-state index in [1.165, 1.54) is 23.3 Å². The minimum absolute atomic E-state index is 0.0279. The molecule has 0 saturated heterocycles. The van der Waals surface area contributed by atoms with Gasteiger partial charge in [-0.2, -0.15) is 0 Å². The molecule has 5 aromatic rings. The topological polar surface area (TPSA) is 83.2 Å². The van der Waals surface area contributed by atoms with Gasteiger partial charge in [-0.25, -0.2) is 4.39 Å². The molecule has 0 aliphatic rings. The first-order chi connectivity index (χ1) is 19.0. The fraction of sp³-hybridized carbons (Fsp3) is 0.276. The van der Waals surface area contributed by atoms with Crippen LogP contribution in [0.25, 0.3) is 21.8 Å². The zero-order valence-corrected chi connectivity index (χ0v) is 22.9. The van der Waals surface area contributed by atoms with E-state index >= 15 is 0 Å². The molecule has 39 heavy (non-hydrogen) atoms. The third-order valence-electron chi connectivity index (χ3n) is 6.48. The standard InChI is InChI=1S/C29H30FN5O3S/c1-4-34-24-11-7-5-9-21(24)22-15-20(13-14-25(22)34)31-28(36)18-39-29-33-32-27(35(29)19(2)16-37-3)17-38-26-12-8-6-10-23(26)30/h5-15,19H,4,16-18H2,1-3H3,(H,31,36)/t19-/m1/s1. The Labute approximate surface area is 230 Å². The lowest BCUT2D eigenvalue weighted by molar-refractivity contribution is -0.113. The number of fused-ring (bicyclic) bond motifs is 3. The van der Waals surface area contributed by atoms with Gasteiger partial charge in [0, 0.05) is 41.1 Å². The summed E-state index contributed by atoms with van der Waals surface area (Å²) >= 11 is 1.28. The van der Waals surface area contributed by atoms with E-state index in [9.17, 15) is 9.18 Å². The number of thioether (sulfide) groups is 1. The van der Waals surface area contributed by atoms with Crippen LogP contribution in [0.3, 0.4) is 0 Å². The summed E-state index contributed by atoms with van der Waals surface area (Å²) in [6, 6.07) is 20.4. The Kier molecular flexibility index (Phi) is 8.13. The number of rotatable bonds is 11. The number of hydrogen-bond donors (Lipinski definition) is 1. The fourth-order valence-corrected chi connectivity index (χ4v) is 5.62. The zero-order valence-electron chi connectivity index (χ0n) is 22.1. The molecular formula is C29H30FN5O3S. The number of benzene rings is 3. The van der Waals surface area contributed by atoms with Gasteiger partial charge in [-0.15, -0.1) is 10.2 Å². The maximum absolute atomic E-state index is 14.0. The molecule has 8 nitrogen and oxygen atoms in total. The Bertz CT molecular complexity index is 1620. The van der Waals surface area contributed by atoms with Gasteiger partial charge in [-0.1, -0.05) is 42.1 Å². The van der Waals surface area contributed by atoms with Crippen molar-refractivity contribution in [2.24, 2.45) is 0 Å². The number of nitrogens with zero attached hydrogens (tertiary/aromatic N) is 4. The average molecular weight is 548 g/mol. The Morgan fingerprint density at radius 1 is 1.05 bits per heavy atom. The van der Waals surface area contributed by atoms with Crippen LogP contribution in [-0.2, 0) is 22.7 Å². The van der Waals surface area contributed by atoms with Crippen molar-refractivity contribution in [1.29, 1.82) is 0 Å². The largest absolute Gasteiger partial charge is 0.483 e. The molecule has 2 heterocycles. The van der Waals surface area contributed by atoms with E-state index in [0.717, 1.165) is 28.5 Å². The Morgan fingerprint density at radius 3 is 2.62 bits per heavy atom. The monoisotopic (exact) mass is 547 g/mol. The lowest BCUT2D eigenvalue weighted by Crippen LogP contribution is -2.18. The molecule has 0 fully saturated rings.